The van der Waals surface area contributed by atoms with Crippen molar-refractivity contribution in [2.45, 2.75) is 39.0 Å². The van der Waals surface area contributed by atoms with E-state index in [0.717, 1.165) is 6.42 Å². The van der Waals surface area contributed by atoms with E-state index in [0.29, 0.717) is 23.1 Å². The summed E-state index contributed by atoms with van der Waals surface area (Å²) < 4.78 is 0. The monoisotopic (exact) mass is 186 g/mol. The van der Waals surface area contributed by atoms with E-state index in [9.17, 15) is 0 Å². The molecule has 0 aromatic carbocycles. The minimum absolute atomic E-state index is 0.321. The molecule has 0 N–H and O–H groups in total. The van der Waals surface area contributed by atoms with Gasteiger partial charge in [-0.25, -0.2) is 0 Å². The molecule has 70 valence electrons. The Morgan fingerprint density at radius 1 is 1.42 bits per heavy atom. The van der Waals surface area contributed by atoms with Crippen LogP contribution >= 0.6 is 11.6 Å². The SMILES string of the molecule is C=C1C[C@@H](Cl)[C@H](C(C)C)[C@@H](C)C1. The lowest BCUT2D eigenvalue weighted by Gasteiger charge is -2.37. The fraction of sp³-hybridized carbons (Fsp3) is 0.818. The molecule has 1 aliphatic rings. The summed E-state index contributed by atoms with van der Waals surface area (Å²) >= 11 is 6.31. The van der Waals surface area contributed by atoms with Crippen molar-refractivity contribution in [2.24, 2.45) is 17.8 Å². The van der Waals surface area contributed by atoms with Gasteiger partial charge in [-0.05, 0) is 30.6 Å². The van der Waals surface area contributed by atoms with Gasteiger partial charge < -0.3 is 0 Å². The summed E-state index contributed by atoms with van der Waals surface area (Å²) in [6.45, 7) is 10.9. The van der Waals surface area contributed by atoms with Crippen LogP contribution in [0.3, 0.4) is 0 Å². The van der Waals surface area contributed by atoms with Gasteiger partial charge in [0.1, 0.15) is 0 Å². The molecule has 0 aliphatic heterocycles. The maximum Gasteiger partial charge on any atom is 0.0406 e. The normalized spacial score (nSPS) is 37.4. The van der Waals surface area contributed by atoms with Gasteiger partial charge in [-0.2, -0.15) is 0 Å². The molecule has 0 nitrogen and oxygen atoms in total. The molecule has 0 saturated heterocycles. The number of allylic oxidation sites excluding steroid dienone is 1. The quantitative estimate of drug-likeness (QED) is 0.431. The van der Waals surface area contributed by atoms with E-state index in [1.165, 1.54) is 12.0 Å². The van der Waals surface area contributed by atoms with E-state index in [1.807, 2.05) is 0 Å². The van der Waals surface area contributed by atoms with E-state index >= 15 is 0 Å². The van der Waals surface area contributed by atoms with Gasteiger partial charge in [0.05, 0.1) is 0 Å². The molecule has 0 unspecified atom stereocenters. The molecule has 0 heterocycles. The molecular formula is C11H19Cl. The zero-order chi connectivity index (χ0) is 9.30. The van der Waals surface area contributed by atoms with Crippen LogP contribution in [0.25, 0.3) is 0 Å². The van der Waals surface area contributed by atoms with Crippen LogP contribution in [0.1, 0.15) is 33.6 Å². The van der Waals surface area contributed by atoms with Crippen LogP contribution in [-0.4, -0.2) is 5.38 Å². The molecule has 1 rings (SSSR count). The average molecular weight is 187 g/mol. The van der Waals surface area contributed by atoms with Gasteiger partial charge in [0, 0.05) is 5.38 Å². The predicted molar refractivity (Wildman–Crippen MR) is 55.5 cm³/mol. The molecular weight excluding hydrogens is 168 g/mol. The Kier molecular flexibility index (Phi) is 3.22. The van der Waals surface area contributed by atoms with Gasteiger partial charge in [0.15, 0.2) is 0 Å². The number of hydrogen-bond acceptors (Lipinski definition) is 0. The molecule has 0 amide bonds. The van der Waals surface area contributed by atoms with Crippen molar-refractivity contribution in [1.29, 1.82) is 0 Å². The van der Waals surface area contributed by atoms with Crippen LogP contribution in [0, 0.1) is 17.8 Å². The minimum atomic E-state index is 0.321. The number of alkyl halides is 1. The summed E-state index contributed by atoms with van der Waals surface area (Å²) in [5.41, 5.74) is 1.33. The molecule has 1 saturated carbocycles. The second kappa shape index (κ2) is 3.83. The lowest BCUT2D eigenvalue weighted by Crippen LogP contribution is -2.32. The zero-order valence-corrected chi connectivity index (χ0v) is 9.06. The predicted octanol–water partition coefficient (Wildman–Crippen LogP) is 3.85. The Labute approximate surface area is 81.0 Å². The third-order valence-electron chi connectivity index (χ3n) is 2.94. The van der Waals surface area contributed by atoms with Crippen molar-refractivity contribution in [1.82, 2.24) is 0 Å². The maximum atomic E-state index is 6.31. The zero-order valence-electron chi connectivity index (χ0n) is 8.31. The number of halogens is 1. The van der Waals surface area contributed by atoms with Crippen LogP contribution in [-0.2, 0) is 0 Å². The maximum absolute atomic E-state index is 6.31. The summed E-state index contributed by atoms with van der Waals surface area (Å²) in [5.74, 6) is 2.10. The smallest absolute Gasteiger partial charge is 0.0406 e. The van der Waals surface area contributed by atoms with Crippen LogP contribution in [0.2, 0.25) is 0 Å². The third kappa shape index (κ3) is 2.04. The molecule has 3 atom stereocenters. The third-order valence-corrected chi connectivity index (χ3v) is 3.38. The topological polar surface area (TPSA) is 0 Å². The first-order valence-corrected chi connectivity index (χ1v) is 5.26. The highest BCUT2D eigenvalue weighted by atomic mass is 35.5. The summed E-state index contributed by atoms with van der Waals surface area (Å²) in [5, 5.41) is 0.321. The molecule has 0 spiro atoms. The van der Waals surface area contributed by atoms with Crippen molar-refractivity contribution < 1.29 is 0 Å². The van der Waals surface area contributed by atoms with Gasteiger partial charge in [-0.15, -0.1) is 11.6 Å². The highest BCUT2D eigenvalue weighted by Crippen LogP contribution is 2.39. The lowest BCUT2D eigenvalue weighted by molar-refractivity contribution is 0.231. The fourth-order valence-electron chi connectivity index (χ4n) is 2.52. The van der Waals surface area contributed by atoms with Gasteiger partial charge in [-0.1, -0.05) is 32.9 Å². The van der Waals surface area contributed by atoms with E-state index < -0.39 is 0 Å². The Morgan fingerprint density at radius 2 is 2.00 bits per heavy atom. The summed E-state index contributed by atoms with van der Waals surface area (Å²) in [4.78, 5) is 0. The van der Waals surface area contributed by atoms with Gasteiger partial charge in [0.25, 0.3) is 0 Å². The van der Waals surface area contributed by atoms with Crippen LogP contribution in [0.5, 0.6) is 0 Å². The lowest BCUT2D eigenvalue weighted by atomic mass is 9.73. The van der Waals surface area contributed by atoms with E-state index in [4.69, 9.17) is 11.6 Å². The van der Waals surface area contributed by atoms with E-state index in [2.05, 4.69) is 27.4 Å². The van der Waals surface area contributed by atoms with Crippen molar-refractivity contribution in [2.75, 3.05) is 0 Å². The molecule has 1 aliphatic carbocycles. The fourth-order valence-corrected chi connectivity index (χ4v) is 3.28. The van der Waals surface area contributed by atoms with Crippen LogP contribution < -0.4 is 0 Å². The van der Waals surface area contributed by atoms with Crippen LogP contribution in [0.4, 0.5) is 0 Å². The van der Waals surface area contributed by atoms with Gasteiger partial charge in [0.2, 0.25) is 0 Å². The summed E-state index contributed by atoms with van der Waals surface area (Å²) in [7, 11) is 0. The Morgan fingerprint density at radius 3 is 2.42 bits per heavy atom. The first kappa shape index (κ1) is 10.1. The summed E-state index contributed by atoms with van der Waals surface area (Å²) in [6, 6.07) is 0. The van der Waals surface area contributed by atoms with Crippen molar-refractivity contribution in [3.05, 3.63) is 12.2 Å². The van der Waals surface area contributed by atoms with Crippen molar-refractivity contribution >= 4 is 11.6 Å². The number of hydrogen-bond donors (Lipinski definition) is 0. The van der Waals surface area contributed by atoms with Crippen molar-refractivity contribution in [3.8, 4) is 0 Å². The highest BCUT2D eigenvalue weighted by molar-refractivity contribution is 6.21. The summed E-state index contributed by atoms with van der Waals surface area (Å²) in [6.07, 6.45) is 2.20. The molecule has 12 heavy (non-hydrogen) atoms. The highest BCUT2D eigenvalue weighted by Gasteiger charge is 2.32. The van der Waals surface area contributed by atoms with Gasteiger partial charge in [-0.3, -0.25) is 0 Å². The van der Waals surface area contributed by atoms with E-state index in [-0.39, 0.29) is 0 Å². The Balaban J connectivity index is 2.66. The Hall–Kier alpha value is 0.0300. The largest absolute Gasteiger partial charge is 0.122 e. The Bertz CT molecular complexity index is 158. The molecule has 0 aromatic heterocycles. The second-order valence-corrected chi connectivity index (χ2v) is 5.03. The van der Waals surface area contributed by atoms with E-state index in [1.54, 1.807) is 0 Å². The van der Waals surface area contributed by atoms with Gasteiger partial charge >= 0.3 is 0 Å². The second-order valence-electron chi connectivity index (χ2n) is 4.47. The molecule has 0 aromatic rings. The standard InChI is InChI=1S/C11H19Cl/c1-7(2)11-9(4)5-8(3)6-10(11)12/h7,9-11H,3,5-6H2,1-2,4H3/t9-,10+,11+/m0/s1. The first-order chi connectivity index (χ1) is 5.52. The molecule has 1 heteroatoms. The molecule has 0 bridgehead atoms. The number of rotatable bonds is 1. The molecule has 1 fully saturated rings. The van der Waals surface area contributed by atoms with Crippen molar-refractivity contribution in [3.63, 3.8) is 0 Å². The minimum Gasteiger partial charge on any atom is -0.122 e. The van der Waals surface area contributed by atoms with Crippen LogP contribution in [0.15, 0.2) is 12.2 Å². The average Bonchev–Trinajstić information content (AvgIpc) is 1.82. The molecule has 0 radical (unpaired) electrons. The first-order valence-electron chi connectivity index (χ1n) is 4.83.